The number of aryl methyl sites for hydroxylation is 1. The van der Waals surface area contributed by atoms with Gasteiger partial charge in [0.2, 0.25) is 0 Å². The predicted octanol–water partition coefficient (Wildman–Crippen LogP) is -1.31. The Morgan fingerprint density at radius 1 is 1.38 bits per heavy atom. The molecule has 0 spiro atoms. The molecular formula is C12H16N6O3. The lowest BCUT2D eigenvalue weighted by molar-refractivity contribution is -0.116. The third-order valence-electron chi connectivity index (χ3n) is 3.24. The third-order valence-corrected chi connectivity index (χ3v) is 3.24. The van der Waals surface area contributed by atoms with Gasteiger partial charge in [0, 0.05) is 32.4 Å². The maximum absolute atomic E-state index is 12.0. The summed E-state index contributed by atoms with van der Waals surface area (Å²) in [7, 11) is 2.98. The van der Waals surface area contributed by atoms with E-state index in [4.69, 9.17) is 5.41 Å². The normalized spacial score (nSPS) is 10.8. The van der Waals surface area contributed by atoms with Gasteiger partial charge in [-0.1, -0.05) is 6.58 Å². The van der Waals surface area contributed by atoms with Crippen molar-refractivity contribution in [3.63, 3.8) is 0 Å². The Labute approximate surface area is 119 Å². The Morgan fingerprint density at radius 3 is 2.67 bits per heavy atom. The van der Waals surface area contributed by atoms with Crippen LogP contribution < -0.4 is 16.6 Å². The Kier molecular flexibility index (Phi) is 3.66. The van der Waals surface area contributed by atoms with Crippen molar-refractivity contribution in [1.82, 2.24) is 24.2 Å². The van der Waals surface area contributed by atoms with Gasteiger partial charge in [-0.05, 0) is 0 Å². The van der Waals surface area contributed by atoms with Crippen LogP contribution in [0.1, 0.15) is 0 Å². The van der Waals surface area contributed by atoms with Crippen LogP contribution in [-0.2, 0) is 25.4 Å². The number of rotatable bonds is 5. The largest absolute Gasteiger partial charge is 0.350 e. The number of nitrogens with one attached hydrogen (secondary N) is 3. The molecule has 0 aliphatic carbocycles. The minimum atomic E-state index is -0.431. The van der Waals surface area contributed by atoms with Gasteiger partial charge in [-0.2, -0.15) is 0 Å². The molecule has 2 rings (SSSR count). The van der Waals surface area contributed by atoms with Crippen LogP contribution in [0.2, 0.25) is 0 Å². The van der Waals surface area contributed by atoms with Crippen molar-refractivity contribution in [2.45, 2.75) is 6.54 Å². The summed E-state index contributed by atoms with van der Waals surface area (Å²) in [5, 5.41) is 12.4. The first-order valence-corrected chi connectivity index (χ1v) is 6.20. The summed E-state index contributed by atoms with van der Waals surface area (Å²) in [5.74, 6) is -0.431. The van der Waals surface area contributed by atoms with Crippen LogP contribution in [0.15, 0.2) is 21.7 Å². The van der Waals surface area contributed by atoms with Gasteiger partial charge >= 0.3 is 5.69 Å². The fraction of sp³-hybridized carbons (Fsp3) is 0.333. The summed E-state index contributed by atoms with van der Waals surface area (Å²) in [6.45, 7) is 4.02. The molecule has 0 saturated heterocycles. The molecule has 0 fully saturated rings. The van der Waals surface area contributed by atoms with Crippen molar-refractivity contribution in [2.75, 3.05) is 6.54 Å². The molecule has 0 radical (unpaired) electrons. The van der Waals surface area contributed by atoms with Gasteiger partial charge in [-0.15, -0.1) is 0 Å². The monoisotopic (exact) mass is 292 g/mol. The van der Waals surface area contributed by atoms with E-state index in [1.807, 2.05) is 0 Å². The van der Waals surface area contributed by atoms with E-state index >= 15 is 0 Å². The number of nitrogens with zero attached hydrogens (tertiary/aromatic N) is 3. The number of carbonyl (C=O) groups is 1. The first-order valence-electron chi connectivity index (χ1n) is 6.20. The van der Waals surface area contributed by atoms with Gasteiger partial charge < -0.3 is 10.7 Å². The molecular weight excluding hydrogens is 276 g/mol. The maximum Gasteiger partial charge on any atom is 0.332 e. The Bertz CT molecular complexity index is 847. The van der Waals surface area contributed by atoms with E-state index in [1.165, 1.54) is 11.6 Å². The minimum Gasteiger partial charge on any atom is -0.350 e. The van der Waals surface area contributed by atoms with Crippen molar-refractivity contribution >= 4 is 23.3 Å². The van der Waals surface area contributed by atoms with Crippen molar-refractivity contribution in [3.8, 4) is 0 Å². The molecule has 0 atom stereocenters. The van der Waals surface area contributed by atoms with Crippen LogP contribution in [0.25, 0.3) is 11.2 Å². The molecule has 0 aliphatic heterocycles. The van der Waals surface area contributed by atoms with Gasteiger partial charge in [0.05, 0.1) is 6.54 Å². The van der Waals surface area contributed by atoms with Crippen molar-refractivity contribution in [1.29, 1.82) is 5.41 Å². The van der Waals surface area contributed by atoms with E-state index < -0.39 is 11.6 Å². The number of carbonyl (C=O) groups excluding carboxylic acids is 1. The second-order valence-corrected chi connectivity index (χ2v) is 4.59. The summed E-state index contributed by atoms with van der Waals surface area (Å²) >= 11 is 0. The Morgan fingerprint density at radius 2 is 2.05 bits per heavy atom. The van der Waals surface area contributed by atoms with Gasteiger partial charge in [-0.3, -0.25) is 28.5 Å². The molecule has 0 saturated carbocycles. The van der Waals surface area contributed by atoms with Gasteiger partial charge in [0.25, 0.3) is 11.5 Å². The highest BCUT2D eigenvalue weighted by Crippen LogP contribution is 2.06. The van der Waals surface area contributed by atoms with Crippen LogP contribution in [0.5, 0.6) is 0 Å². The molecule has 2 aromatic rings. The molecule has 0 unspecified atom stereocenters. The lowest BCUT2D eigenvalue weighted by Gasteiger charge is -2.18. The van der Waals surface area contributed by atoms with E-state index in [-0.39, 0.29) is 17.7 Å². The van der Waals surface area contributed by atoms with Crippen LogP contribution in [0, 0.1) is 5.41 Å². The van der Waals surface area contributed by atoms with Gasteiger partial charge in [0.15, 0.2) is 11.2 Å². The van der Waals surface area contributed by atoms with Crippen LogP contribution in [-0.4, -0.2) is 37.6 Å². The van der Waals surface area contributed by atoms with E-state index in [1.54, 1.807) is 11.7 Å². The highest BCUT2D eigenvalue weighted by atomic mass is 16.2. The summed E-state index contributed by atoms with van der Waals surface area (Å²) < 4.78 is 3.94. The zero-order chi connectivity index (χ0) is 15.7. The fourth-order valence-electron chi connectivity index (χ4n) is 1.96. The van der Waals surface area contributed by atoms with E-state index in [9.17, 15) is 14.4 Å². The molecule has 2 aromatic heterocycles. The third kappa shape index (κ3) is 2.33. The van der Waals surface area contributed by atoms with Crippen molar-refractivity contribution in [3.05, 3.63) is 33.0 Å². The summed E-state index contributed by atoms with van der Waals surface area (Å²) in [5.41, 5.74) is 0.117. The van der Waals surface area contributed by atoms with Crippen molar-refractivity contribution < 1.29 is 4.79 Å². The average molecular weight is 292 g/mol. The number of H-pyrrole nitrogens is 1. The van der Waals surface area contributed by atoms with Gasteiger partial charge in [0.1, 0.15) is 0 Å². The zero-order valence-electron chi connectivity index (χ0n) is 11.8. The highest BCUT2D eigenvalue weighted by molar-refractivity contribution is 6.10. The second-order valence-electron chi connectivity index (χ2n) is 4.59. The molecule has 112 valence electrons. The molecule has 0 aromatic carbocycles. The zero-order valence-corrected chi connectivity index (χ0v) is 11.8. The molecule has 9 heteroatoms. The second kappa shape index (κ2) is 5.27. The Balaban J connectivity index is 2.17. The minimum absolute atomic E-state index is 0.0604. The number of amides is 1. The average Bonchev–Trinajstić information content (AvgIpc) is 2.45. The molecule has 0 aliphatic rings. The molecule has 2 heterocycles. The molecule has 0 bridgehead atoms. The standard InChI is InChI=1S/C12H16N6O3/c1-7(6-13)10(19)14-4-5-18-8-9(15-18)16(2)12(21)17(3)11(8)20/h6,13,15H,1,4-5H2,2-3H3,(H,14,19). The topological polar surface area (TPSA) is 118 Å². The molecule has 9 nitrogen and oxygen atoms in total. The lowest BCUT2D eigenvalue weighted by atomic mass is 10.3. The highest BCUT2D eigenvalue weighted by Gasteiger charge is 2.16. The maximum atomic E-state index is 12.0. The summed E-state index contributed by atoms with van der Waals surface area (Å²) in [4.78, 5) is 35.1. The van der Waals surface area contributed by atoms with Crippen molar-refractivity contribution in [2.24, 2.45) is 14.1 Å². The number of fused-ring (bicyclic) bond motifs is 1. The van der Waals surface area contributed by atoms with Gasteiger partial charge in [-0.25, -0.2) is 4.79 Å². The van der Waals surface area contributed by atoms with Crippen LogP contribution in [0.4, 0.5) is 0 Å². The molecule has 1 amide bonds. The number of aromatic amines is 1. The summed E-state index contributed by atoms with van der Waals surface area (Å²) in [6.07, 6.45) is 0.873. The number of hydrogen-bond donors (Lipinski definition) is 3. The number of aromatic nitrogens is 4. The number of hydrogen-bond acceptors (Lipinski definition) is 4. The fourth-order valence-corrected chi connectivity index (χ4v) is 1.96. The first-order chi connectivity index (χ1) is 9.88. The van der Waals surface area contributed by atoms with Crippen LogP contribution in [0.3, 0.4) is 0 Å². The Hall–Kier alpha value is -2.84. The van der Waals surface area contributed by atoms with E-state index in [0.717, 1.165) is 10.8 Å². The first kappa shape index (κ1) is 14.6. The lowest BCUT2D eigenvalue weighted by Crippen LogP contribution is -2.41. The predicted molar refractivity (Wildman–Crippen MR) is 77.7 cm³/mol. The van der Waals surface area contributed by atoms with E-state index in [0.29, 0.717) is 17.7 Å². The smallest absolute Gasteiger partial charge is 0.332 e. The summed E-state index contributed by atoms with van der Waals surface area (Å²) in [6, 6.07) is 0. The molecule has 21 heavy (non-hydrogen) atoms. The molecule has 3 N–H and O–H groups in total. The van der Waals surface area contributed by atoms with E-state index in [2.05, 4.69) is 17.0 Å². The quantitative estimate of drug-likeness (QED) is 0.469. The SMILES string of the molecule is C=C(C=N)C(=O)NCCn1[nH]c2c1c(=O)n(C)c(=O)n2C. The van der Waals surface area contributed by atoms with Crippen LogP contribution >= 0.6 is 0 Å².